The molecule has 3 rings (SSSR count). The van der Waals surface area contributed by atoms with Crippen molar-refractivity contribution in [2.24, 2.45) is 0 Å². The summed E-state index contributed by atoms with van der Waals surface area (Å²) in [7, 11) is 0. The zero-order valence-corrected chi connectivity index (χ0v) is 12.4. The predicted molar refractivity (Wildman–Crippen MR) is 75.9 cm³/mol. The van der Waals surface area contributed by atoms with E-state index in [0.29, 0.717) is 46.1 Å². The van der Waals surface area contributed by atoms with Crippen molar-refractivity contribution in [1.82, 2.24) is 19.8 Å². The largest absolute Gasteiger partial charge is 0.378 e. The summed E-state index contributed by atoms with van der Waals surface area (Å²) in [6, 6.07) is 0.0254. The highest BCUT2D eigenvalue weighted by molar-refractivity contribution is 5.78. The van der Waals surface area contributed by atoms with Gasteiger partial charge in [0, 0.05) is 31.5 Å². The van der Waals surface area contributed by atoms with Gasteiger partial charge in [-0.3, -0.25) is 9.69 Å². The molecule has 2 fully saturated rings. The van der Waals surface area contributed by atoms with Gasteiger partial charge >= 0.3 is 0 Å². The first-order chi connectivity index (χ1) is 10.2. The highest BCUT2D eigenvalue weighted by Crippen LogP contribution is 2.21. The molecule has 0 radical (unpaired) electrons. The maximum absolute atomic E-state index is 12.4. The van der Waals surface area contributed by atoms with Crippen molar-refractivity contribution < 1.29 is 14.3 Å². The van der Waals surface area contributed by atoms with E-state index in [9.17, 15) is 4.79 Å². The third kappa shape index (κ3) is 3.42. The molecule has 1 amide bonds. The fourth-order valence-electron chi connectivity index (χ4n) is 2.77. The fraction of sp³-hybridized carbons (Fsp3) is 0.714. The van der Waals surface area contributed by atoms with Gasteiger partial charge in [0.1, 0.15) is 5.82 Å². The van der Waals surface area contributed by atoms with Crippen LogP contribution in [0.4, 0.5) is 0 Å². The molecule has 0 spiro atoms. The van der Waals surface area contributed by atoms with Gasteiger partial charge in [-0.25, -0.2) is 4.98 Å². The number of hydrogen-bond donors (Lipinski definition) is 1. The smallest absolute Gasteiger partial charge is 0.236 e. The summed E-state index contributed by atoms with van der Waals surface area (Å²) < 4.78 is 10.8. The molecule has 0 saturated carbocycles. The average Bonchev–Trinajstić information content (AvgIpc) is 2.95. The summed E-state index contributed by atoms with van der Waals surface area (Å²) >= 11 is 0. The van der Waals surface area contributed by atoms with E-state index in [1.54, 1.807) is 0 Å². The molecule has 1 N–H and O–H groups in total. The summed E-state index contributed by atoms with van der Waals surface area (Å²) in [5, 5.41) is 0. The van der Waals surface area contributed by atoms with Crippen LogP contribution in [0.2, 0.25) is 0 Å². The lowest BCUT2D eigenvalue weighted by molar-refractivity contribution is -0.139. The van der Waals surface area contributed by atoms with Crippen molar-refractivity contribution in [3.63, 3.8) is 0 Å². The maximum atomic E-state index is 12.4. The van der Waals surface area contributed by atoms with Gasteiger partial charge in [0.05, 0.1) is 39.0 Å². The van der Waals surface area contributed by atoms with Gasteiger partial charge in [-0.15, -0.1) is 0 Å². The molecule has 21 heavy (non-hydrogen) atoms. The molecule has 1 atom stereocenters. The molecule has 7 nitrogen and oxygen atoms in total. The lowest BCUT2D eigenvalue weighted by atomic mass is 10.2. The number of aryl methyl sites for hydroxylation is 1. The van der Waals surface area contributed by atoms with Crippen molar-refractivity contribution in [3.05, 3.63) is 17.7 Å². The number of amides is 1. The molecule has 7 heteroatoms. The highest BCUT2D eigenvalue weighted by Gasteiger charge is 2.30. The number of imidazole rings is 1. The van der Waals surface area contributed by atoms with Crippen LogP contribution in [0.1, 0.15) is 17.6 Å². The van der Waals surface area contributed by atoms with Crippen LogP contribution in [0.25, 0.3) is 0 Å². The number of nitrogens with zero attached hydrogens (tertiary/aromatic N) is 3. The third-order valence-corrected chi connectivity index (χ3v) is 3.98. The molecular weight excluding hydrogens is 272 g/mol. The van der Waals surface area contributed by atoms with E-state index in [1.807, 2.05) is 18.0 Å². The average molecular weight is 294 g/mol. The summed E-state index contributed by atoms with van der Waals surface area (Å²) in [5.41, 5.74) is 1.02. The normalized spacial score (nSPS) is 24.2. The first-order valence-corrected chi connectivity index (χ1v) is 7.43. The summed E-state index contributed by atoms with van der Waals surface area (Å²) in [4.78, 5) is 24.1. The third-order valence-electron chi connectivity index (χ3n) is 3.98. The zero-order chi connectivity index (χ0) is 14.7. The minimum atomic E-state index is 0.0254. The Morgan fingerprint density at radius 2 is 2.10 bits per heavy atom. The van der Waals surface area contributed by atoms with Crippen LogP contribution in [0.15, 0.2) is 6.20 Å². The van der Waals surface area contributed by atoms with E-state index in [-0.39, 0.29) is 11.9 Å². The molecule has 1 aromatic heterocycles. The van der Waals surface area contributed by atoms with Gasteiger partial charge in [-0.1, -0.05) is 0 Å². The second-order valence-corrected chi connectivity index (χ2v) is 5.51. The number of rotatable bonds is 3. The van der Waals surface area contributed by atoms with Crippen molar-refractivity contribution in [2.75, 3.05) is 52.6 Å². The van der Waals surface area contributed by atoms with E-state index >= 15 is 0 Å². The van der Waals surface area contributed by atoms with Crippen LogP contribution in [0, 0.1) is 6.92 Å². The van der Waals surface area contributed by atoms with Crippen molar-refractivity contribution in [2.45, 2.75) is 13.0 Å². The van der Waals surface area contributed by atoms with Crippen LogP contribution in [0.5, 0.6) is 0 Å². The summed E-state index contributed by atoms with van der Waals surface area (Å²) in [5.74, 6) is 1.04. The van der Waals surface area contributed by atoms with Crippen LogP contribution in [-0.4, -0.2) is 78.3 Å². The number of nitrogens with one attached hydrogen (secondary N) is 1. The van der Waals surface area contributed by atoms with Crippen LogP contribution in [0.3, 0.4) is 0 Å². The number of carbonyl (C=O) groups excluding carboxylic acids is 1. The van der Waals surface area contributed by atoms with Crippen molar-refractivity contribution in [1.29, 1.82) is 0 Å². The zero-order valence-electron chi connectivity index (χ0n) is 12.4. The fourth-order valence-corrected chi connectivity index (χ4v) is 2.77. The Kier molecular flexibility index (Phi) is 4.52. The Morgan fingerprint density at radius 3 is 2.81 bits per heavy atom. The number of carbonyl (C=O) groups is 1. The molecule has 2 aliphatic heterocycles. The van der Waals surface area contributed by atoms with Crippen LogP contribution in [-0.2, 0) is 14.3 Å². The van der Waals surface area contributed by atoms with Crippen molar-refractivity contribution in [3.8, 4) is 0 Å². The second-order valence-electron chi connectivity index (χ2n) is 5.51. The Morgan fingerprint density at radius 1 is 1.33 bits per heavy atom. The molecule has 1 aromatic rings. The molecule has 0 aromatic carbocycles. The summed E-state index contributed by atoms with van der Waals surface area (Å²) in [6.45, 7) is 7.01. The maximum Gasteiger partial charge on any atom is 0.236 e. The van der Waals surface area contributed by atoms with Gasteiger partial charge in [-0.05, 0) is 6.92 Å². The molecule has 1 unspecified atom stereocenters. The van der Waals surface area contributed by atoms with E-state index in [2.05, 4.69) is 14.9 Å². The Bertz CT molecular complexity index is 484. The Balaban J connectivity index is 1.65. The van der Waals surface area contributed by atoms with E-state index in [1.165, 1.54) is 0 Å². The number of aromatic amines is 1. The van der Waals surface area contributed by atoms with E-state index < -0.39 is 0 Å². The van der Waals surface area contributed by atoms with Gasteiger partial charge in [0.25, 0.3) is 0 Å². The number of H-pyrrole nitrogens is 1. The first kappa shape index (κ1) is 14.5. The van der Waals surface area contributed by atoms with Gasteiger partial charge in [0.15, 0.2) is 0 Å². The Hall–Kier alpha value is -1.44. The molecule has 2 aliphatic rings. The highest BCUT2D eigenvalue weighted by atomic mass is 16.5. The van der Waals surface area contributed by atoms with E-state index in [0.717, 1.165) is 18.1 Å². The van der Waals surface area contributed by atoms with Crippen LogP contribution < -0.4 is 0 Å². The minimum absolute atomic E-state index is 0.0254. The van der Waals surface area contributed by atoms with Gasteiger partial charge in [-0.2, -0.15) is 0 Å². The number of aromatic nitrogens is 2. The number of morpholine rings is 2. The summed E-state index contributed by atoms with van der Waals surface area (Å²) in [6.07, 6.45) is 1.81. The van der Waals surface area contributed by atoms with Crippen LogP contribution >= 0.6 is 0 Å². The molecule has 116 valence electrons. The van der Waals surface area contributed by atoms with Gasteiger partial charge < -0.3 is 19.4 Å². The lowest BCUT2D eigenvalue weighted by Crippen LogP contribution is -2.49. The van der Waals surface area contributed by atoms with Gasteiger partial charge in [0.2, 0.25) is 5.91 Å². The number of hydrogen-bond acceptors (Lipinski definition) is 5. The van der Waals surface area contributed by atoms with Crippen molar-refractivity contribution >= 4 is 5.91 Å². The molecular formula is C14H22N4O3. The standard InChI is InChI=1S/C14H22N4O3/c1-11-8-15-14(16-11)12-10-21-7-4-18(12)9-13(19)17-2-5-20-6-3-17/h8,12H,2-7,9-10H2,1H3,(H,15,16). The molecule has 0 aliphatic carbocycles. The first-order valence-electron chi connectivity index (χ1n) is 7.43. The SMILES string of the molecule is Cc1cnc(C2COCCN2CC(=O)N2CCOCC2)[nH]1. The topological polar surface area (TPSA) is 70.7 Å². The van der Waals surface area contributed by atoms with E-state index in [4.69, 9.17) is 9.47 Å². The minimum Gasteiger partial charge on any atom is -0.378 e. The molecule has 3 heterocycles. The Labute approximate surface area is 124 Å². The monoisotopic (exact) mass is 294 g/mol. The predicted octanol–water partition coefficient (Wildman–Crippen LogP) is -0.0498. The number of ether oxygens (including phenoxy) is 2. The quantitative estimate of drug-likeness (QED) is 0.846. The molecule has 2 saturated heterocycles. The molecule has 0 bridgehead atoms. The lowest BCUT2D eigenvalue weighted by Gasteiger charge is -2.36. The second kappa shape index (κ2) is 6.55.